The van der Waals surface area contributed by atoms with Crippen molar-refractivity contribution in [3.63, 3.8) is 0 Å². The van der Waals surface area contributed by atoms with Crippen LogP contribution in [0.1, 0.15) is 21.9 Å². The van der Waals surface area contributed by atoms with E-state index in [0.717, 1.165) is 11.3 Å². The first-order chi connectivity index (χ1) is 10.5. The molecule has 3 rings (SSSR count). The third-order valence-electron chi connectivity index (χ3n) is 3.30. The van der Waals surface area contributed by atoms with Gasteiger partial charge in [-0.15, -0.1) is 5.10 Å². The highest BCUT2D eigenvalue weighted by Crippen LogP contribution is 2.12. The maximum atomic E-state index is 12.4. The topological polar surface area (TPSA) is 63.4 Å². The molecule has 2 heterocycles. The lowest BCUT2D eigenvalue weighted by Gasteiger charge is -2.15. The molecule has 2 aromatic heterocycles. The second-order valence-corrected chi connectivity index (χ2v) is 5.46. The van der Waals surface area contributed by atoms with Crippen LogP contribution in [0.2, 0.25) is 5.02 Å². The van der Waals surface area contributed by atoms with Crippen LogP contribution in [0.4, 0.5) is 0 Å². The normalized spacial score (nSPS) is 10.9. The van der Waals surface area contributed by atoms with Gasteiger partial charge in [0.15, 0.2) is 0 Å². The Hall–Kier alpha value is -2.47. The van der Waals surface area contributed by atoms with Crippen molar-refractivity contribution in [3.8, 4) is 0 Å². The summed E-state index contributed by atoms with van der Waals surface area (Å²) in [5.74, 6) is 0.307. The van der Waals surface area contributed by atoms with Crippen molar-refractivity contribution >= 4 is 23.3 Å². The molecule has 3 aromatic rings. The predicted octanol–water partition coefficient (Wildman–Crippen LogP) is 2.36. The van der Waals surface area contributed by atoms with Gasteiger partial charge in [0.2, 0.25) is 5.82 Å². The second-order valence-electron chi connectivity index (χ2n) is 5.02. The zero-order valence-electron chi connectivity index (χ0n) is 12.2. The van der Waals surface area contributed by atoms with Crippen LogP contribution < -0.4 is 0 Å². The Morgan fingerprint density at radius 1 is 1.27 bits per heavy atom. The molecule has 1 aromatic carbocycles. The molecule has 1 amide bonds. The van der Waals surface area contributed by atoms with Gasteiger partial charge in [-0.1, -0.05) is 23.7 Å². The number of hydrogen-bond acceptors (Lipinski definition) is 4. The molecule has 0 aliphatic heterocycles. The number of nitrogens with zero attached hydrogens (tertiary/aromatic N) is 5. The number of fused-ring (bicyclic) bond motifs is 1. The Balaban J connectivity index is 1.82. The molecule has 22 heavy (non-hydrogen) atoms. The highest BCUT2D eigenvalue weighted by molar-refractivity contribution is 6.30. The SMILES string of the molecule is Cc1ccnc2nc(C(=O)N(C)Cc3ccc(Cl)cc3)nn12. The first-order valence-corrected chi connectivity index (χ1v) is 7.10. The molecule has 0 saturated heterocycles. The number of carbonyl (C=O) groups is 1. The Bertz CT molecular complexity index is 828. The molecule has 0 radical (unpaired) electrons. The minimum atomic E-state index is -0.250. The third kappa shape index (κ3) is 2.78. The molecule has 0 aliphatic carbocycles. The standard InChI is InChI=1S/C15H14ClN5O/c1-10-7-8-17-15-18-13(19-21(10)15)14(22)20(2)9-11-3-5-12(16)6-4-11/h3-8H,9H2,1-2H3. The number of benzene rings is 1. The van der Waals surface area contributed by atoms with Crippen LogP contribution >= 0.6 is 11.6 Å². The molecule has 6 nitrogen and oxygen atoms in total. The van der Waals surface area contributed by atoms with Crippen molar-refractivity contribution in [3.05, 3.63) is 58.6 Å². The van der Waals surface area contributed by atoms with E-state index in [4.69, 9.17) is 11.6 Å². The van der Waals surface area contributed by atoms with Gasteiger partial charge < -0.3 is 4.90 Å². The van der Waals surface area contributed by atoms with E-state index in [0.29, 0.717) is 17.3 Å². The fraction of sp³-hybridized carbons (Fsp3) is 0.200. The Morgan fingerprint density at radius 3 is 2.68 bits per heavy atom. The molecule has 0 N–H and O–H groups in total. The zero-order chi connectivity index (χ0) is 15.7. The van der Waals surface area contributed by atoms with Crippen LogP contribution in [0.3, 0.4) is 0 Å². The first kappa shape index (κ1) is 14.5. The van der Waals surface area contributed by atoms with E-state index >= 15 is 0 Å². The van der Waals surface area contributed by atoms with Gasteiger partial charge in [0.1, 0.15) is 0 Å². The van der Waals surface area contributed by atoms with Crippen molar-refractivity contribution in [2.45, 2.75) is 13.5 Å². The molecule has 0 bridgehead atoms. The number of carbonyl (C=O) groups excluding carboxylic acids is 1. The van der Waals surface area contributed by atoms with Crippen LogP contribution in [0.15, 0.2) is 36.5 Å². The fourth-order valence-corrected chi connectivity index (χ4v) is 2.23. The van der Waals surface area contributed by atoms with Crippen molar-refractivity contribution in [2.75, 3.05) is 7.05 Å². The molecule has 0 fully saturated rings. The molecular formula is C15H14ClN5O. The van der Waals surface area contributed by atoms with Crippen LogP contribution in [-0.4, -0.2) is 37.4 Å². The lowest BCUT2D eigenvalue weighted by Crippen LogP contribution is -2.27. The first-order valence-electron chi connectivity index (χ1n) is 6.73. The number of hydrogen-bond donors (Lipinski definition) is 0. The van der Waals surface area contributed by atoms with Crippen LogP contribution in [-0.2, 0) is 6.54 Å². The summed E-state index contributed by atoms with van der Waals surface area (Å²) in [7, 11) is 1.71. The minimum absolute atomic E-state index is 0.137. The van der Waals surface area contributed by atoms with Gasteiger partial charge in [0, 0.05) is 30.5 Å². The smallest absolute Gasteiger partial charge is 0.293 e. The molecule has 0 aliphatic rings. The molecule has 0 unspecified atom stereocenters. The maximum Gasteiger partial charge on any atom is 0.293 e. The second kappa shape index (κ2) is 5.73. The Kier molecular flexibility index (Phi) is 3.77. The van der Waals surface area contributed by atoms with Crippen molar-refractivity contribution in [2.24, 2.45) is 0 Å². The van der Waals surface area contributed by atoms with E-state index in [-0.39, 0.29) is 11.7 Å². The summed E-state index contributed by atoms with van der Waals surface area (Å²) in [6.45, 7) is 2.34. The van der Waals surface area contributed by atoms with Gasteiger partial charge in [0.25, 0.3) is 11.7 Å². The molecule has 112 valence electrons. The van der Waals surface area contributed by atoms with E-state index in [2.05, 4.69) is 15.1 Å². The molecule has 0 spiro atoms. The predicted molar refractivity (Wildman–Crippen MR) is 82.8 cm³/mol. The van der Waals surface area contributed by atoms with Gasteiger partial charge in [-0.05, 0) is 30.7 Å². The summed E-state index contributed by atoms with van der Waals surface area (Å²) in [6, 6.07) is 9.18. The van der Waals surface area contributed by atoms with Crippen molar-refractivity contribution < 1.29 is 4.79 Å². The van der Waals surface area contributed by atoms with E-state index in [1.54, 1.807) is 34.8 Å². The number of aromatic nitrogens is 4. The summed E-state index contributed by atoms with van der Waals surface area (Å²) in [4.78, 5) is 22.3. The number of amides is 1. The lowest BCUT2D eigenvalue weighted by molar-refractivity contribution is 0.0773. The Labute approximate surface area is 132 Å². The van der Waals surface area contributed by atoms with Crippen molar-refractivity contribution in [1.82, 2.24) is 24.5 Å². The molecule has 7 heteroatoms. The summed E-state index contributed by atoms with van der Waals surface area (Å²) in [5, 5.41) is 4.89. The highest BCUT2D eigenvalue weighted by Gasteiger charge is 2.18. The third-order valence-corrected chi connectivity index (χ3v) is 3.55. The molecular weight excluding hydrogens is 302 g/mol. The lowest BCUT2D eigenvalue weighted by atomic mass is 10.2. The molecule has 0 atom stereocenters. The minimum Gasteiger partial charge on any atom is -0.335 e. The number of rotatable bonds is 3. The average molecular weight is 316 g/mol. The maximum absolute atomic E-state index is 12.4. The average Bonchev–Trinajstić information content (AvgIpc) is 2.94. The van der Waals surface area contributed by atoms with Crippen LogP contribution in [0.25, 0.3) is 5.78 Å². The Morgan fingerprint density at radius 2 is 2.00 bits per heavy atom. The van der Waals surface area contributed by atoms with Gasteiger partial charge in [-0.2, -0.15) is 4.98 Å². The van der Waals surface area contributed by atoms with E-state index in [1.807, 2.05) is 25.1 Å². The summed E-state index contributed by atoms with van der Waals surface area (Å²) >= 11 is 5.86. The summed E-state index contributed by atoms with van der Waals surface area (Å²) in [6.07, 6.45) is 1.64. The van der Waals surface area contributed by atoms with Gasteiger partial charge in [-0.25, -0.2) is 9.50 Å². The van der Waals surface area contributed by atoms with Crippen LogP contribution in [0, 0.1) is 6.92 Å². The van der Waals surface area contributed by atoms with E-state index < -0.39 is 0 Å². The molecule has 0 saturated carbocycles. The van der Waals surface area contributed by atoms with E-state index in [1.165, 1.54) is 0 Å². The van der Waals surface area contributed by atoms with Gasteiger partial charge in [0.05, 0.1) is 0 Å². The largest absolute Gasteiger partial charge is 0.335 e. The van der Waals surface area contributed by atoms with E-state index in [9.17, 15) is 4.79 Å². The quantitative estimate of drug-likeness (QED) is 0.744. The summed E-state index contributed by atoms with van der Waals surface area (Å²) < 4.78 is 1.56. The van der Waals surface area contributed by atoms with Crippen molar-refractivity contribution in [1.29, 1.82) is 0 Å². The van der Waals surface area contributed by atoms with Gasteiger partial charge in [-0.3, -0.25) is 4.79 Å². The van der Waals surface area contributed by atoms with Gasteiger partial charge >= 0.3 is 0 Å². The monoisotopic (exact) mass is 315 g/mol. The zero-order valence-corrected chi connectivity index (χ0v) is 12.9. The van der Waals surface area contributed by atoms with Crippen LogP contribution in [0.5, 0.6) is 0 Å². The fourth-order valence-electron chi connectivity index (χ4n) is 2.10. The number of halogens is 1. The highest BCUT2D eigenvalue weighted by atomic mass is 35.5. The number of aryl methyl sites for hydroxylation is 1. The summed E-state index contributed by atoms with van der Waals surface area (Å²) in [5.41, 5.74) is 1.86.